The first-order valence-corrected chi connectivity index (χ1v) is 8.75. The molecule has 0 aromatic heterocycles. The zero-order chi connectivity index (χ0) is 15.1. The Morgan fingerprint density at radius 2 is 2.00 bits per heavy atom. The number of hydrogen-bond donors (Lipinski definition) is 1. The molecule has 1 unspecified atom stereocenters. The van der Waals surface area contributed by atoms with Crippen molar-refractivity contribution in [1.29, 1.82) is 5.26 Å². The molecule has 1 aromatic rings. The van der Waals surface area contributed by atoms with Crippen LogP contribution in [0.2, 0.25) is 0 Å². The predicted octanol–water partition coefficient (Wildman–Crippen LogP) is 2.97. The minimum Gasteiger partial charge on any atom is -0.325 e. The van der Waals surface area contributed by atoms with E-state index in [-0.39, 0.29) is 17.6 Å². The van der Waals surface area contributed by atoms with Crippen molar-refractivity contribution in [3.63, 3.8) is 0 Å². The fraction of sp³-hybridized carbons (Fsp3) is 0.500. The van der Waals surface area contributed by atoms with Gasteiger partial charge in [-0.15, -0.1) is 0 Å². The molecule has 1 aliphatic rings. The number of nitrogens with one attached hydrogen (secondary N) is 1. The van der Waals surface area contributed by atoms with Crippen LogP contribution < -0.4 is 5.32 Å². The average Bonchev–Trinajstić information content (AvgIpc) is 2.54. The summed E-state index contributed by atoms with van der Waals surface area (Å²) in [5, 5.41) is 12.0. The molecular formula is C16H20N2O2S. The van der Waals surface area contributed by atoms with Crippen LogP contribution in [-0.4, -0.2) is 21.1 Å². The molecule has 1 amide bonds. The van der Waals surface area contributed by atoms with Gasteiger partial charge in [-0.3, -0.25) is 9.00 Å². The van der Waals surface area contributed by atoms with E-state index in [9.17, 15) is 9.00 Å². The molecule has 1 aliphatic carbocycles. The van der Waals surface area contributed by atoms with Crippen molar-refractivity contribution in [2.45, 2.75) is 43.8 Å². The highest BCUT2D eigenvalue weighted by molar-refractivity contribution is 7.85. The standard InChI is InChI=1S/C16H20N2O2S/c17-12-13-6-4-5-9-15(13)18-16(19)10-11-21(20)14-7-2-1-3-8-14/h4-6,9,14H,1-3,7-8,10-11H2,(H,18,19). The number of para-hydroxylation sites is 1. The second kappa shape index (κ2) is 7.94. The molecule has 1 atom stereocenters. The fourth-order valence-corrected chi connectivity index (χ4v) is 4.17. The van der Waals surface area contributed by atoms with Crippen LogP contribution in [0.15, 0.2) is 24.3 Å². The fourth-order valence-electron chi connectivity index (χ4n) is 2.59. The van der Waals surface area contributed by atoms with Gasteiger partial charge in [-0.2, -0.15) is 5.26 Å². The van der Waals surface area contributed by atoms with Crippen molar-refractivity contribution in [1.82, 2.24) is 0 Å². The van der Waals surface area contributed by atoms with E-state index in [1.807, 2.05) is 6.07 Å². The molecular weight excluding hydrogens is 284 g/mol. The molecule has 1 N–H and O–H groups in total. The Labute approximate surface area is 128 Å². The summed E-state index contributed by atoms with van der Waals surface area (Å²) in [6, 6.07) is 8.94. The zero-order valence-electron chi connectivity index (χ0n) is 12.0. The molecule has 5 heteroatoms. The number of carbonyl (C=O) groups is 1. The summed E-state index contributed by atoms with van der Waals surface area (Å²) < 4.78 is 12.2. The van der Waals surface area contributed by atoms with Gasteiger partial charge in [0, 0.05) is 28.2 Å². The third kappa shape index (κ3) is 4.68. The molecule has 0 spiro atoms. The number of amides is 1. The van der Waals surface area contributed by atoms with Gasteiger partial charge in [0.25, 0.3) is 0 Å². The van der Waals surface area contributed by atoms with Gasteiger partial charge in [0.2, 0.25) is 5.91 Å². The van der Waals surface area contributed by atoms with Crippen molar-refractivity contribution in [2.75, 3.05) is 11.1 Å². The maximum Gasteiger partial charge on any atom is 0.225 e. The quantitative estimate of drug-likeness (QED) is 0.909. The first-order valence-electron chi connectivity index (χ1n) is 7.37. The summed E-state index contributed by atoms with van der Waals surface area (Å²) in [6.07, 6.45) is 5.81. The number of nitriles is 1. The largest absolute Gasteiger partial charge is 0.325 e. The van der Waals surface area contributed by atoms with Gasteiger partial charge in [0.15, 0.2) is 0 Å². The molecule has 1 aromatic carbocycles. The molecule has 0 aliphatic heterocycles. The Kier molecular flexibility index (Phi) is 5.94. The Morgan fingerprint density at radius 1 is 1.29 bits per heavy atom. The van der Waals surface area contributed by atoms with E-state index in [1.54, 1.807) is 24.3 Å². The predicted molar refractivity (Wildman–Crippen MR) is 84.3 cm³/mol. The van der Waals surface area contributed by atoms with Crippen LogP contribution >= 0.6 is 0 Å². The van der Waals surface area contributed by atoms with E-state index in [0.29, 0.717) is 17.0 Å². The zero-order valence-corrected chi connectivity index (χ0v) is 12.8. The van der Waals surface area contributed by atoms with Crippen LogP contribution in [-0.2, 0) is 15.6 Å². The van der Waals surface area contributed by atoms with Crippen LogP contribution in [0.25, 0.3) is 0 Å². The summed E-state index contributed by atoms with van der Waals surface area (Å²) >= 11 is 0. The molecule has 21 heavy (non-hydrogen) atoms. The molecule has 112 valence electrons. The maximum absolute atomic E-state index is 12.2. The number of carbonyl (C=O) groups excluding carboxylic acids is 1. The summed E-state index contributed by atoms with van der Waals surface area (Å²) in [4.78, 5) is 11.9. The molecule has 2 rings (SSSR count). The van der Waals surface area contributed by atoms with Gasteiger partial charge in [0.1, 0.15) is 6.07 Å². The Balaban J connectivity index is 1.82. The number of anilines is 1. The lowest BCUT2D eigenvalue weighted by Crippen LogP contribution is -2.23. The smallest absolute Gasteiger partial charge is 0.225 e. The van der Waals surface area contributed by atoms with Crippen LogP contribution in [0.1, 0.15) is 44.1 Å². The van der Waals surface area contributed by atoms with E-state index >= 15 is 0 Å². The lowest BCUT2D eigenvalue weighted by Gasteiger charge is -2.20. The third-order valence-corrected chi connectivity index (χ3v) is 5.60. The number of benzene rings is 1. The second-order valence-corrected chi connectivity index (χ2v) is 7.14. The Hall–Kier alpha value is -1.67. The number of hydrogen-bond acceptors (Lipinski definition) is 3. The van der Waals surface area contributed by atoms with Crippen LogP contribution in [0, 0.1) is 11.3 Å². The molecule has 1 fully saturated rings. The summed E-state index contributed by atoms with van der Waals surface area (Å²) in [6.45, 7) is 0. The van der Waals surface area contributed by atoms with Gasteiger partial charge in [-0.05, 0) is 25.0 Å². The van der Waals surface area contributed by atoms with Crippen LogP contribution in [0.4, 0.5) is 5.69 Å². The maximum atomic E-state index is 12.2. The lowest BCUT2D eigenvalue weighted by atomic mass is 10.0. The van der Waals surface area contributed by atoms with Gasteiger partial charge < -0.3 is 5.32 Å². The molecule has 1 saturated carbocycles. The SMILES string of the molecule is N#Cc1ccccc1NC(=O)CCS(=O)C1CCCCC1. The highest BCUT2D eigenvalue weighted by Gasteiger charge is 2.20. The number of rotatable bonds is 5. The minimum atomic E-state index is -0.918. The topological polar surface area (TPSA) is 70.0 Å². The second-order valence-electron chi connectivity index (χ2n) is 5.30. The van der Waals surface area contributed by atoms with E-state index in [1.165, 1.54) is 6.42 Å². The van der Waals surface area contributed by atoms with Gasteiger partial charge in [-0.1, -0.05) is 31.4 Å². The highest BCUT2D eigenvalue weighted by atomic mass is 32.2. The van der Waals surface area contributed by atoms with Gasteiger partial charge in [-0.25, -0.2) is 0 Å². The molecule has 0 bridgehead atoms. The summed E-state index contributed by atoms with van der Waals surface area (Å²) in [5.74, 6) is 0.229. The average molecular weight is 304 g/mol. The van der Waals surface area contributed by atoms with Gasteiger partial charge >= 0.3 is 0 Å². The molecule has 0 saturated heterocycles. The minimum absolute atomic E-state index is 0.179. The molecule has 0 radical (unpaired) electrons. The van der Waals surface area contributed by atoms with Gasteiger partial charge in [0.05, 0.1) is 11.3 Å². The monoisotopic (exact) mass is 304 g/mol. The van der Waals surface area contributed by atoms with E-state index < -0.39 is 10.8 Å². The van der Waals surface area contributed by atoms with Crippen molar-refractivity contribution in [3.8, 4) is 6.07 Å². The van der Waals surface area contributed by atoms with E-state index in [2.05, 4.69) is 5.32 Å². The first-order chi connectivity index (χ1) is 10.2. The molecule has 4 nitrogen and oxygen atoms in total. The number of nitrogens with zero attached hydrogens (tertiary/aromatic N) is 1. The molecule has 0 heterocycles. The van der Waals surface area contributed by atoms with Crippen molar-refractivity contribution < 1.29 is 9.00 Å². The Bertz CT molecular complexity index is 560. The summed E-state index contributed by atoms with van der Waals surface area (Å²) in [5.41, 5.74) is 0.965. The Morgan fingerprint density at radius 3 is 2.71 bits per heavy atom. The van der Waals surface area contributed by atoms with Crippen LogP contribution in [0.5, 0.6) is 0 Å². The highest BCUT2D eigenvalue weighted by Crippen LogP contribution is 2.22. The lowest BCUT2D eigenvalue weighted by molar-refractivity contribution is -0.115. The van der Waals surface area contributed by atoms with E-state index in [4.69, 9.17) is 5.26 Å². The normalized spacial score (nSPS) is 16.9. The summed E-state index contributed by atoms with van der Waals surface area (Å²) in [7, 11) is -0.918. The van der Waals surface area contributed by atoms with Crippen molar-refractivity contribution in [3.05, 3.63) is 29.8 Å². The van der Waals surface area contributed by atoms with Crippen molar-refractivity contribution in [2.24, 2.45) is 0 Å². The van der Waals surface area contributed by atoms with Crippen LogP contribution in [0.3, 0.4) is 0 Å². The van der Waals surface area contributed by atoms with Crippen molar-refractivity contribution >= 4 is 22.4 Å². The third-order valence-electron chi connectivity index (χ3n) is 3.78. The first kappa shape index (κ1) is 15.7. The van der Waals surface area contributed by atoms with E-state index in [0.717, 1.165) is 25.7 Å².